The minimum Gasteiger partial charge on any atom is -0.394 e. The van der Waals surface area contributed by atoms with Crippen LogP contribution < -0.4 is 0 Å². The molecule has 0 amide bonds. The zero-order chi connectivity index (χ0) is 7.91. The van der Waals surface area contributed by atoms with E-state index in [0.29, 0.717) is 0 Å². The maximum absolute atomic E-state index is 9.33. The smallest absolute Gasteiger partial charge is 0.322 e. The van der Waals surface area contributed by atoms with E-state index in [9.17, 15) is 4.57 Å². The molecular formula is C3H11O5P. The van der Waals surface area contributed by atoms with Gasteiger partial charge in [0.1, 0.15) is 0 Å². The molecule has 6 heteroatoms. The highest BCUT2D eigenvalue weighted by molar-refractivity contribution is 7.50. The van der Waals surface area contributed by atoms with Gasteiger partial charge in [-0.1, -0.05) is 0 Å². The summed E-state index contributed by atoms with van der Waals surface area (Å²) in [5, 5.41) is 15.2. The van der Waals surface area contributed by atoms with Gasteiger partial charge >= 0.3 is 7.60 Å². The van der Waals surface area contributed by atoms with Crippen molar-refractivity contribution < 1.29 is 24.6 Å². The molecule has 0 bridgehead atoms. The lowest BCUT2D eigenvalue weighted by atomic mass is 10.8. The van der Waals surface area contributed by atoms with Crippen LogP contribution >= 0.6 is 7.60 Å². The normalized spacial score (nSPS) is 9.89. The number of rotatable bonds is 1. The van der Waals surface area contributed by atoms with Crippen LogP contribution in [0.2, 0.25) is 0 Å². The summed E-state index contributed by atoms with van der Waals surface area (Å²) in [5.74, 6) is 0. The molecule has 0 aliphatic heterocycles. The molecule has 0 spiro atoms. The van der Waals surface area contributed by atoms with Gasteiger partial charge in [-0.25, -0.2) is 0 Å². The SMILES string of the molecule is CP(=O)(O)O.OCCO. The predicted molar refractivity (Wildman–Crippen MR) is 32.1 cm³/mol. The van der Waals surface area contributed by atoms with Crippen LogP contribution in [0.3, 0.4) is 0 Å². The first-order valence-corrected chi connectivity index (χ1v) is 4.22. The zero-order valence-electron chi connectivity index (χ0n) is 5.06. The number of hydrogen-bond acceptors (Lipinski definition) is 3. The molecule has 0 radical (unpaired) electrons. The Morgan fingerprint density at radius 3 is 1.33 bits per heavy atom. The number of aliphatic hydroxyl groups excluding tert-OH is 2. The molecule has 0 aromatic heterocycles. The largest absolute Gasteiger partial charge is 0.394 e. The van der Waals surface area contributed by atoms with Crippen LogP contribution in [-0.2, 0) is 4.57 Å². The van der Waals surface area contributed by atoms with Crippen molar-refractivity contribution in [1.29, 1.82) is 0 Å². The highest BCUT2D eigenvalue weighted by Gasteiger charge is 1.95. The Morgan fingerprint density at radius 1 is 1.22 bits per heavy atom. The molecule has 5 nitrogen and oxygen atoms in total. The number of aliphatic hydroxyl groups is 2. The van der Waals surface area contributed by atoms with Crippen molar-refractivity contribution in [2.75, 3.05) is 19.9 Å². The molecule has 0 aromatic carbocycles. The fourth-order valence-electron chi connectivity index (χ4n) is 0. The van der Waals surface area contributed by atoms with Crippen LogP contribution in [0.1, 0.15) is 0 Å². The van der Waals surface area contributed by atoms with E-state index < -0.39 is 7.60 Å². The van der Waals surface area contributed by atoms with Crippen molar-refractivity contribution in [3.63, 3.8) is 0 Å². The van der Waals surface area contributed by atoms with Crippen molar-refractivity contribution in [3.8, 4) is 0 Å². The Balaban J connectivity index is 0. The summed E-state index contributed by atoms with van der Waals surface area (Å²) in [4.78, 5) is 15.3. The van der Waals surface area contributed by atoms with Crippen molar-refractivity contribution in [1.82, 2.24) is 0 Å². The second-order valence-electron chi connectivity index (χ2n) is 1.28. The van der Waals surface area contributed by atoms with Gasteiger partial charge in [0.2, 0.25) is 0 Å². The lowest BCUT2D eigenvalue weighted by Crippen LogP contribution is -1.85. The highest BCUT2D eigenvalue weighted by atomic mass is 31.2. The van der Waals surface area contributed by atoms with Crippen LogP contribution in [0.25, 0.3) is 0 Å². The van der Waals surface area contributed by atoms with E-state index >= 15 is 0 Å². The summed E-state index contributed by atoms with van der Waals surface area (Å²) >= 11 is 0. The standard InChI is InChI=1S/C2H6O2.CH5O3P/c3-1-2-4;1-5(2,3)4/h3-4H,1-2H2;1H3,(H2,2,3,4). The molecular weight excluding hydrogens is 147 g/mol. The molecule has 0 fully saturated rings. The Kier molecular flexibility index (Phi) is 8.13. The quantitative estimate of drug-likeness (QED) is 0.358. The van der Waals surface area contributed by atoms with Crippen molar-refractivity contribution in [2.24, 2.45) is 0 Å². The Bertz CT molecular complexity index is 75.9. The molecule has 0 aliphatic carbocycles. The monoisotopic (exact) mass is 158 g/mol. The van der Waals surface area contributed by atoms with Gasteiger partial charge in [0.15, 0.2) is 0 Å². The molecule has 4 N–H and O–H groups in total. The first kappa shape index (κ1) is 11.8. The zero-order valence-corrected chi connectivity index (χ0v) is 5.95. The summed E-state index contributed by atoms with van der Waals surface area (Å²) in [6.45, 7) is 0.604. The van der Waals surface area contributed by atoms with E-state index in [1.165, 1.54) is 0 Å². The van der Waals surface area contributed by atoms with Gasteiger partial charge in [-0.05, 0) is 0 Å². The number of hydrogen-bond donors (Lipinski definition) is 4. The first-order chi connectivity index (χ1) is 3.91. The summed E-state index contributed by atoms with van der Waals surface area (Å²) in [5.41, 5.74) is 0. The molecule has 0 saturated carbocycles. The maximum atomic E-state index is 9.33. The second kappa shape index (κ2) is 6.19. The predicted octanol–water partition coefficient (Wildman–Crippen LogP) is -1.24. The fraction of sp³-hybridized carbons (Fsp3) is 1.00. The molecule has 0 unspecified atom stereocenters. The lowest BCUT2D eigenvalue weighted by Gasteiger charge is -1.84. The van der Waals surface area contributed by atoms with E-state index in [4.69, 9.17) is 20.0 Å². The van der Waals surface area contributed by atoms with Gasteiger partial charge in [0, 0.05) is 6.66 Å². The average Bonchev–Trinajstić information content (AvgIpc) is 1.61. The third kappa shape index (κ3) is 260. The minimum absolute atomic E-state index is 0.125. The third-order valence-electron chi connectivity index (χ3n) is 0.1000. The van der Waals surface area contributed by atoms with E-state index in [1.807, 2.05) is 0 Å². The molecule has 0 heterocycles. The minimum atomic E-state index is -3.64. The maximum Gasteiger partial charge on any atom is 0.322 e. The van der Waals surface area contributed by atoms with Crippen LogP contribution in [-0.4, -0.2) is 39.9 Å². The van der Waals surface area contributed by atoms with E-state index in [1.54, 1.807) is 0 Å². The summed E-state index contributed by atoms with van der Waals surface area (Å²) in [7, 11) is -3.64. The second-order valence-corrected chi connectivity index (χ2v) is 2.95. The fourth-order valence-corrected chi connectivity index (χ4v) is 0. The lowest BCUT2D eigenvalue weighted by molar-refractivity contribution is 0.186. The highest BCUT2D eigenvalue weighted by Crippen LogP contribution is 2.26. The first-order valence-electron chi connectivity index (χ1n) is 2.16. The van der Waals surface area contributed by atoms with Crippen molar-refractivity contribution in [3.05, 3.63) is 0 Å². The van der Waals surface area contributed by atoms with Gasteiger partial charge in [0.05, 0.1) is 13.2 Å². The van der Waals surface area contributed by atoms with Gasteiger partial charge < -0.3 is 20.0 Å². The molecule has 0 aromatic rings. The molecule has 9 heavy (non-hydrogen) atoms. The van der Waals surface area contributed by atoms with E-state index in [0.717, 1.165) is 6.66 Å². The molecule has 0 rings (SSSR count). The van der Waals surface area contributed by atoms with Gasteiger partial charge in [-0.15, -0.1) is 0 Å². The molecule has 58 valence electrons. The Hall–Kier alpha value is 0.0700. The third-order valence-corrected chi connectivity index (χ3v) is 0.1000. The summed E-state index contributed by atoms with van der Waals surface area (Å²) in [6.07, 6.45) is 0. The average molecular weight is 158 g/mol. The van der Waals surface area contributed by atoms with Crippen molar-refractivity contribution >= 4 is 7.60 Å². The summed E-state index contributed by atoms with van der Waals surface area (Å²) < 4.78 is 9.33. The molecule has 0 aliphatic rings. The van der Waals surface area contributed by atoms with E-state index in [2.05, 4.69) is 0 Å². The van der Waals surface area contributed by atoms with Gasteiger partial charge in [0.25, 0.3) is 0 Å². The van der Waals surface area contributed by atoms with Gasteiger partial charge in [-0.3, -0.25) is 4.57 Å². The Labute approximate surface area is 53.1 Å². The van der Waals surface area contributed by atoms with E-state index in [-0.39, 0.29) is 13.2 Å². The van der Waals surface area contributed by atoms with Crippen LogP contribution in [0.4, 0.5) is 0 Å². The van der Waals surface area contributed by atoms with Crippen LogP contribution in [0, 0.1) is 0 Å². The molecule has 0 saturated heterocycles. The topological polar surface area (TPSA) is 98.0 Å². The summed E-state index contributed by atoms with van der Waals surface area (Å²) in [6, 6.07) is 0. The molecule has 0 atom stereocenters. The van der Waals surface area contributed by atoms with Crippen LogP contribution in [0.15, 0.2) is 0 Å². The Morgan fingerprint density at radius 2 is 1.33 bits per heavy atom. The van der Waals surface area contributed by atoms with Gasteiger partial charge in [-0.2, -0.15) is 0 Å². The van der Waals surface area contributed by atoms with Crippen molar-refractivity contribution in [2.45, 2.75) is 0 Å². The van der Waals surface area contributed by atoms with Crippen LogP contribution in [0.5, 0.6) is 0 Å².